The lowest BCUT2D eigenvalue weighted by atomic mass is 9.88. The summed E-state index contributed by atoms with van der Waals surface area (Å²) in [5.41, 5.74) is -0.379. The van der Waals surface area contributed by atoms with Crippen molar-refractivity contribution >= 4 is 11.8 Å². The van der Waals surface area contributed by atoms with Crippen LogP contribution in [0.15, 0.2) is 0 Å². The Hall–Kier alpha value is -1.06. The molecule has 0 aromatic heterocycles. The zero-order valence-electron chi connectivity index (χ0n) is 14.4. The van der Waals surface area contributed by atoms with Crippen molar-refractivity contribution in [3.8, 4) is 0 Å². The molecule has 1 aliphatic heterocycles. The van der Waals surface area contributed by atoms with Crippen molar-refractivity contribution in [3.05, 3.63) is 0 Å². The van der Waals surface area contributed by atoms with E-state index in [4.69, 9.17) is 0 Å². The molecule has 1 aliphatic rings. The largest absolute Gasteiger partial charge is 0.351 e. The van der Waals surface area contributed by atoms with Crippen LogP contribution in [0.25, 0.3) is 0 Å². The van der Waals surface area contributed by atoms with E-state index in [0.717, 1.165) is 19.4 Å². The van der Waals surface area contributed by atoms with Crippen molar-refractivity contribution in [1.29, 1.82) is 0 Å². The maximum Gasteiger partial charge on any atom is 0.225 e. The lowest BCUT2D eigenvalue weighted by Gasteiger charge is -2.39. The smallest absolute Gasteiger partial charge is 0.225 e. The van der Waals surface area contributed by atoms with Crippen molar-refractivity contribution < 1.29 is 9.59 Å². The van der Waals surface area contributed by atoms with Crippen molar-refractivity contribution in [2.75, 3.05) is 13.1 Å². The van der Waals surface area contributed by atoms with Gasteiger partial charge in [-0.2, -0.15) is 0 Å². The highest BCUT2D eigenvalue weighted by atomic mass is 16.2. The molecule has 2 amide bonds. The first-order valence-corrected chi connectivity index (χ1v) is 8.36. The molecule has 1 saturated heterocycles. The van der Waals surface area contributed by atoms with Gasteiger partial charge < -0.3 is 10.2 Å². The summed E-state index contributed by atoms with van der Waals surface area (Å²) in [5, 5.41) is 3.14. The second-order valence-electron chi connectivity index (χ2n) is 7.32. The Kier molecular flexibility index (Phi) is 6.69. The van der Waals surface area contributed by atoms with E-state index >= 15 is 0 Å². The van der Waals surface area contributed by atoms with Crippen molar-refractivity contribution in [3.63, 3.8) is 0 Å². The third-order valence-corrected chi connectivity index (χ3v) is 4.17. The predicted octanol–water partition coefficient (Wildman–Crippen LogP) is 2.97. The van der Waals surface area contributed by atoms with Crippen LogP contribution in [0.5, 0.6) is 0 Å². The van der Waals surface area contributed by atoms with E-state index in [-0.39, 0.29) is 23.3 Å². The van der Waals surface area contributed by atoms with Crippen LogP contribution in [0.4, 0.5) is 0 Å². The molecular weight excluding hydrogens is 264 g/mol. The Morgan fingerprint density at radius 3 is 2.38 bits per heavy atom. The molecule has 1 N–H and O–H groups in total. The van der Waals surface area contributed by atoms with Gasteiger partial charge in [0, 0.05) is 31.0 Å². The van der Waals surface area contributed by atoms with Crippen LogP contribution in [0.2, 0.25) is 0 Å². The molecule has 0 spiro atoms. The van der Waals surface area contributed by atoms with Gasteiger partial charge in [0.2, 0.25) is 11.8 Å². The zero-order valence-corrected chi connectivity index (χ0v) is 14.4. The molecule has 0 aromatic carbocycles. The maximum atomic E-state index is 12.2. The van der Waals surface area contributed by atoms with Crippen LogP contribution in [0.1, 0.15) is 66.7 Å². The van der Waals surface area contributed by atoms with Crippen LogP contribution in [0.3, 0.4) is 0 Å². The van der Waals surface area contributed by atoms with Crippen LogP contribution < -0.4 is 5.32 Å². The summed E-state index contributed by atoms with van der Waals surface area (Å²) in [6, 6.07) is 0.0998. The summed E-state index contributed by atoms with van der Waals surface area (Å²) in [6.45, 7) is 11.4. The number of amides is 2. The highest BCUT2D eigenvalue weighted by Gasteiger charge is 2.32. The molecule has 0 aliphatic carbocycles. The van der Waals surface area contributed by atoms with E-state index in [1.54, 1.807) is 0 Å². The van der Waals surface area contributed by atoms with Gasteiger partial charge in [-0.15, -0.1) is 0 Å². The molecule has 0 saturated carbocycles. The molecule has 4 heteroatoms. The first kappa shape index (κ1) is 18.0. The Morgan fingerprint density at radius 1 is 1.19 bits per heavy atom. The van der Waals surface area contributed by atoms with Crippen molar-refractivity contribution in [2.24, 2.45) is 11.3 Å². The van der Waals surface area contributed by atoms with Crippen LogP contribution in [-0.4, -0.2) is 35.8 Å². The molecule has 0 bridgehead atoms. The lowest BCUT2D eigenvalue weighted by Crippen LogP contribution is -2.54. The molecule has 1 rings (SSSR count). The third-order valence-electron chi connectivity index (χ3n) is 4.17. The van der Waals surface area contributed by atoms with Gasteiger partial charge in [0.05, 0.1) is 0 Å². The first-order chi connectivity index (χ1) is 9.77. The van der Waals surface area contributed by atoms with Crippen molar-refractivity contribution in [2.45, 2.75) is 72.8 Å². The number of hydrogen-bond acceptors (Lipinski definition) is 2. The number of nitrogens with zero attached hydrogens (tertiary/aromatic N) is 1. The minimum Gasteiger partial charge on any atom is -0.351 e. The molecule has 1 fully saturated rings. The molecular formula is C17H32N2O2. The van der Waals surface area contributed by atoms with Gasteiger partial charge in [0.25, 0.3) is 0 Å². The van der Waals surface area contributed by atoms with E-state index in [1.807, 2.05) is 32.6 Å². The molecule has 0 aromatic rings. The maximum absolute atomic E-state index is 12.2. The summed E-state index contributed by atoms with van der Waals surface area (Å²) in [7, 11) is 0. The summed E-state index contributed by atoms with van der Waals surface area (Å²) >= 11 is 0. The summed E-state index contributed by atoms with van der Waals surface area (Å²) in [5.74, 6) is 0.790. The SMILES string of the molecule is CCCCC1CC(NC(=O)C(C)(C)C)CN(C(=O)CC)C1. The number of likely N-dealkylation sites (tertiary alicyclic amines) is 1. The quantitative estimate of drug-likeness (QED) is 0.848. The van der Waals surface area contributed by atoms with Crippen LogP contribution in [0, 0.1) is 11.3 Å². The number of carbonyl (C=O) groups excluding carboxylic acids is 2. The first-order valence-electron chi connectivity index (χ1n) is 8.36. The fraction of sp³-hybridized carbons (Fsp3) is 0.882. The third kappa shape index (κ3) is 5.68. The number of carbonyl (C=O) groups is 2. The minimum atomic E-state index is -0.379. The van der Waals surface area contributed by atoms with E-state index in [0.29, 0.717) is 18.9 Å². The number of rotatable bonds is 5. The fourth-order valence-electron chi connectivity index (χ4n) is 2.84. The minimum absolute atomic E-state index is 0.0764. The second kappa shape index (κ2) is 7.81. The molecule has 2 atom stereocenters. The monoisotopic (exact) mass is 296 g/mol. The lowest BCUT2D eigenvalue weighted by molar-refractivity contribution is -0.136. The van der Waals surface area contributed by atoms with E-state index in [2.05, 4.69) is 12.2 Å². The zero-order chi connectivity index (χ0) is 16.0. The second-order valence-corrected chi connectivity index (χ2v) is 7.32. The molecule has 4 nitrogen and oxygen atoms in total. The summed E-state index contributed by atoms with van der Waals surface area (Å²) in [6.07, 6.45) is 5.05. The van der Waals surface area contributed by atoms with E-state index < -0.39 is 0 Å². The van der Waals surface area contributed by atoms with Gasteiger partial charge in [0.1, 0.15) is 0 Å². The molecule has 0 radical (unpaired) electrons. The predicted molar refractivity (Wildman–Crippen MR) is 85.9 cm³/mol. The number of unbranched alkanes of at least 4 members (excludes halogenated alkanes) is 1. The Morgan fingerprint density at radius 2 is 1.86 bits per heavy atom. The Balaban J connectivity index is 2.69. The van der Waals surface area contributed by atoms with E-state index in [9.17, 15) is 9.59 Å². The van der Waals surface area contributed by atoms with Gasteiger partial charge in [0.15, 0.2) is 0 Å². The van der Waals surface area contributed by atoms with Gasteiger partial charge in [-0.1, -0.05) is 47.5 Å². The highest BCUT2D eigenvalue weighted by Crippen LogP contribution is 2.24. The standard InChI is InChI=1S/C17H32N2O2/c1-6-8-9-13-10-14(18-16(21)17(3,4)5)12-19(11-13)15(20)7-2/h13-14H,6-12H2,1-5H3,(H,18,21). The number of nitrogens with one attached hydrogen (secondary N) is 1. The Labute approximate surface area is 129 Å². The Bertz CT molecular complexity index is 360. The molecule has 2 unspecified atom stereocenters. The van der Waals surface area contributed by atoms with Gasteiger partial charge in [-0.3, -0.25) is 9.59 Å². The van der Waals surface area contributed by atoms with Crippen molar-refractivity contribution in [1.82, 2.24) is 10.2 Å². The average molecular weight is 296 g/mol. The molecule has 21 heavy (non-hydrogen) atoms. The fourth-order valence-corrected chi connectivity index (χ4v) is 2.84. The number of hydrogen-bond donors (Lipinski definition) is 1. The molecule has 122 valence electrons. The normalized spacial score (nSPS) is 23.0. The highest BCUT2D eigenvalue weighted by molar-refractivity contribution is 5.82. The van der Waals surface area contributed by atoms with Gasteiger partial charge in [-0.05, 0) is 18.8 Å². The summed E-state index contributed by atoms with van der Waals surface area (Å²) in [4.78, 5) is 26.2. The topological polar surface area (TPSA) is 49.4 Å². The average Bonchev–Trinajstić information content (AvgIpc) is 2.42. The van der Waals surface area contributed by atoms with Crippen LogP contribution >= 0.6 is 0 Å². The molecule has 1 heterocycles. The van der Waals surface area contributed by atoms with E-state index in [1.165, 1.54) is 12.8 Å². The van der Waals surface area contributed by atoms with Gasteiger partial charge in [-0.25, -0.2) is 0 Å². The van der Waals surface area contributed by atoms with Crippen LogP contribution in [-0.2, 0) is 9.59 Å². The van der Waals surface area contributed by atoms with Gasteiger partial charge >= 0.3 is 0 Å². The summed E-state index contributed by atoms with van der Waals surface area (Å²) < 4.78 is 0. The number of piperidine rings is 1.